The summed E-state index contributed by atoms with van der Waals surface area (Å²) in [6, 6.07) is 21.1. The summed E-state index contributed by atoms with van der Waals surface area (Å²) in [6.45, 7) is 6.54. The summed E-state index contributed by atoms with van der Waals surface area (Å²) in [5.41, 5.74) is 8.96. The highest BCUT2D eigenvalue weighted by Gasteiger charge is 2.35. The van der Waals surface area contributed by atoms with Gasteiger partial charge in [0.05, 0.1) is 0 Å². The predicted octanol–water partition coefficient (Wildman–Crippen LogP) is 4.19. The van der Waals surface area contributed by atoms with Gasteiger partial charge in [-0.05, 0) is 24.0 Å². The van der Waals surface area contributed by atoms with Gasteiger partial charge in [-0.2, -0.15) is 0 Å². The Morgan fingerprint density at radius 3 is 1.47 bits per heavy atom. The molecule has 2 aromatic rings. The van der Waals surface area contributed by atoms with Crippen LogP contribution in [0, 0.1) is 5.92 Å². The average Bonchev–Trinajstić information content (AvgIpc) is 2.41. The Morgan fingerprint density at radius 2 is 1.16 bits per heavy atom. The normalized spacial score (nSPS) is 14.6. The highest BCUT2D eigenvalue weighted by Crippen LogP contribution is 2.37. The largest absolute Gasteiger partial charge is 0.324 e. The number of hydrogen-bond acceptors (Lipinski definition) is 1. The van der Waals surface area contributed by atoms with Crippen LogP contribution in [-0.4, -0.2) is 5.54 Å². The smallest absolute Gasteiger partial charge is 0.0269 e. The Bertz CT molecular complexity index is 460. The highest BCUT2D eigenvalue weighted by atomic mass is 14.8. The molecule has 0 radical (unpaired) electrons. The van der Waals surface area contributed by atoms with Gasteiger partial charge in [0.15, 0.2) is 0 Å². The molecule has 0 aromatic heterocycles. The number of benzene rings is 2. The van der Waals surface area contributed by atoms with Crippen molar-refractivity contribution in [2.24, 2.45) is 11.7 Å². The SMILES string of the molecule is CC(C)C(C)(N)C(c1ccccc1)c1ccccc1. The van der Waals surface area contributed by atoms with E-state index in [0.29, 0.717) is 5.92 Å². The first-order chi connectivity index (χ1) is 9.03. The van der Waals surface area contributed by atoms with Crippen molar-refractivity contribution in [2.75, 3.05) is 0 Å². The minimum absolute atomic E-state index is 0.217. The van der Waals surface area contributed by atoms with E-state index in [-0.39, 0.29) is 11.5 Å². The molecule has 0 fully saturated rings. The molecule has 1 atom stereocenters. The quantitative estimate of drug-likeness (QED) is 0.868. The molecule has 1 nitrogen and oxygen atoms in total. The molecule has 2 rings (SSSR count). The lowest BCUT2D eigenvalue weighted by molar-refractivity contribution is 0.303. The number of rotatable bonds is 4. The molecular weight excluding hydrogens is 230 g/mol. The van der Waals surface area contributed by atoms with Gasteiger partial charge in [-0.25, -0.2) is 0 Å². The first-order valence-electron chi connectivity index (χ1n) is 6.92. The molecule has 100 valence electrons. The van der Waals surface area contributed by atoms with Crippen molar-refractivity contribution in [1.82, 2.24) is 0 Å². The maximum Gasteiger partial charge on any atom is 0.0269 e. The molecular formula is C18H23N. The predicted molar refractivity (Wildman–Crippen MR) is 82.2 cm³/mol. The van der Waals surface area contributed by atoms with E-state index in [1.807, 2.05) is 0 Å². The second-order valence-electron chi connectivity index (χ2n) is 5.78. The lowest BCUT2D eigenvalue weighted by Gasteiger charge is -2.38. The van der Waals surface area contributed by atoms with Gasteiger partial charge < -0.3 is 5.73 Å². The maximum absolute atomic E-state index is 6.67. The van der Waals surface area contributed by atoms with Crippen molar-refractivity contribution in [1.29, 1.82) is 0 Å². The van der Waals surface area contributed by atoms with Gasteiger partial charge in [-0.15, -0.1) is 0 Å². The van der Waals surface area contributed by atoms with E-state index in [9.17, 15) is 0 Å². The molecule has 1 unspecified atom stereocenters. The van der Waals surface area contributed by atoms with Gasteiger partial charge in [0.1, 0.15) is 0 Å². The molecule has 0 saturated heterocycles. The monoisotopic (exact) mass is 253 g/mol. The van der Waals surface area contributed by atoms with Crippen LogP contribution in [0.2, 0.25) is 0 Å². The molecule has 2 N–H and O–H groups in total. The van der Waals surface area contributed by atoms with E-state index in [1.165, 1.54) is 11.1 Å². The van der Waals surface area contributed by atoms with Gasteiger partial charge in [0.2, 0.25) is 0 Å². The molecule has 0 heterocycles. The summed E-state index contributed by atoms with van der Waals surface area (Å²) in [6.07, 6.45) is 0. The van der Waals surface area contributed by atoms with Crippen molar-refractivity contribution in [3.63, 3.8) is 0 Å². The summed E-state index contributed by atoms with van der Waals surface area (Å²) in [5.74, 6) is 0.618. The highest BCUT2D eigenvalue weighted by molar-refractivity contribution is 5.36. The van der Waals surface area contributed by atoms with E-state index in [4.69, 9.17) is 5.73 Å². The molecule has 1 heteroatoms. The zero-order chi connectivity index (χ0) is 13.9. The Hall–Kier alpha value is -1.60. The van der Waals surface area contributed by atoms with Crippen molar-refractivity contribution < 1.29 is 0 Å². The third kappa shape index (κ3) is 2.87. The summed E-state index contributed by atoms with van der Waals surface area (Å²) >= 11 is 0. The molecule has 19 heavy (non-hydrogen) atoms. The van der Waals surface area contributed by atoms with Crippen LogP contribution in [0.15, 0.2) is 60.7 Å². The topological polar surface area (TPSA) is 26.0 Å². The van der Waals surface area contributed by atoms with Crippen LogP contribution in [0.1, 0.15) is 37.8 Å². The fourth-order valence-electron chi connectivity index (χ4n) is 2.53. The van der Waals surface area contributed by atoms with Crippen LogP contribution in [0.25, 0.3) is 0 Å². The standard InChI is InChI=1S/C18H23N/c1-14(2)18(3,19)17(15-10-6-4-7-11-15)16-12-8-5-9-13-16/h4-14,17H,19H2,1-3H3. The fourth-order valence-corrected chi connectivity index (χ4v) is 2.53. The summed E-state index contributed by atoms with van der Waals surface area (Å²) in [5, 5.41) is 0. The van der Waals surface area contributed by atoms with Crippen LogP contribution in [0.4, 0.5) is 0 Å². The average molecular weight is 253 g/mol. The van der Waals surface area contributed by atoms with E-state index < -0.39 is 0 Å². The number of hydrogen-bond donors (Lipinski definition) is 1. The molecule has 0 aliphatic rings. The van der Waals surface area contributed by atoms with E-state index in [1.54, 1.807) is 0 Å². The van der Waals surface area contributed by atoms with Gasteiger partial charge in [0.25, 0.3) is 0 Å². The van der Waals surface area contributed by atoms with Crippen LogP contribution in [0.5, 0.6) is 0 Å². The minimum atomic E-state index is -0.275. The third-order valence-electron chi connectivity index (χ3n) is 4.13. The van der Waals surface area contributed by atoms with Gasteiger partial charge in [0, 0.05) is 11.5 Å². The van der Waals surface area contributed by atoms with Crippen molar-refractivity contribution in [2.45, 2.75) is 32.2 Å². The number of nitrogens with two attached hydrogens (primary N) is 1. The summed E-state index contributed by atoms with van der Waals surface area (Å²) in [7, 11) is 0. The molecule has 0 bridgehead atoms. The maximum atomic E-state index is 6.67. The van der Waals surface area contributed by atoms with Crippen molar-refractivity contribution >= 4 is 0 Å². The lowest BCUT2D eigenvalue weighted by Crippen LogP contribution is -2.47. The molecule has 2 aromatic carbocycles. The Kier molecular flexibility index (Phi) is 4.06. The van der Waals surface area contributed by atoms with Crippen LogP contribution >= 0.6 is 0 Å². The zero-order valence-electron chi connectivity index (χ0n) is 12.0. The van der Waals surface area contributed by atoms with Crippen LogP contribution in [-0.2, 0) is 0 Å². The summed E-state index contributed by atoms with van der Waals surface area (Å²) < 4.78 is 0. The van der Waals surface area contributed by atoms with Gasteiger partial charge in [-0.3, -0.25) is 0 Å². The summed E-state index contributed by atoms with van der Waals surface area (Å²) in [4.78, 5) is 0. The molecule has 0 saturated carbocycles. The lowest BCUT2D eigenvalue weighted by atomic mass is 9.71. The third-order valence-corrected chi connectivity index (χ3v) is 4.13. The first kappa shape index (κ1) is 13.8. The molecule has 0 aliphatic heterocycles. The van der Waals surface area contributed by atoms with Crippen LogP contribution in [0.3, 0.4) is 0 Å². The molecule has 0 aliphatic carbocycles. The van der Waals surface area contributed by atoms with E-state index in [0.717, 1.165) is 0 Å². The fraction of sp³-hybridized carbons (Fsp3) is 0.333. The second-order valence-corrected chi connectivity index (χ2v) is 5.78. The first-order valence-corrected chi connectivity index (χ1v) is 6.92. The van der Waals surface area contributed by atoms with Gasteiger partial charge >= 0.3 is 0 Å². The van der Waals surface area contributed by atoms with Crippen molar-refractivity contribution in [3.05, 3.63) is 71.8 Å². The minimum Gasteiger partial charge on any atom is -0.324 e. The molecule has 0 spiro atoms. The zero-order valence-corrected chi connectivity index (χ0v) is 12.0. The van der Waals surface area contributed by atoms with Crippen LogP contribution < -0.4 is 5.73 Å². The van der Waals surface area contributed by atoms with E-state index in [2.05, 4.69) is 81.4 Å². The molecule has 0 amide bonds. The van der Waals surface area contributed by atoms with E-state index >= 15 is 0 Å². The van der Waals surface area contributed by atoms with Crippen molar-refractivity contribution in [3.8, 4) is 0 Å². The Balaban J connectivity index is 2.52. The Morgan fingerprint density at radius 1 is 0.789 bits per heavy atom. The van der Waals surface area contributed by atoms with Gasteiger partial charge in [-0.1, -0.05) is 74.5 Å². The second kappa shape index (κ2) is 5.58. The Labute approximate surface area is 116 Å².